The minimum absolute atomic E-state index is 0.0983. The Hall–Kier alpha value is -2.70. The first kappa shape index (κ1) is 16.2. The van der Waals surface area contributed by atoms with E-state index in [1.807, 2.05) is 0 Å². The Kier molecular flexibility index (Phi) is 3.66. The van der Waals surface area contributed by atoms with Crippen molar-refractivity contribution in [3.05, 3.63) is 29.0 Å². The third-order valence-electron chi connectivity index (χ3n) is 4.35. The number of phenolic OH excluding ortho intramolecular Hbond substituents is 1. The van der Waals surface area contributed by atoms with Crippen LogP contribution in [0.25, 0.3) is 0 Å². The maximum Gasteiger partial charge on any atom is 0.337 e. The van der Waals surface area contributed by atoms with Crippen LogP contribution in [-0.2, 0) is 14.3 Å². The second kappa shape index (κ2) is 5.43. The number of benzene rings is 1. The molecule has 0 saturated carbocycles. The van der Waals surface area contributed by atoms with Gasteiger partial charge in [0, 0.05) is 12.3 Å². The number of carbonyl (C=O) groups is 2. The Morgan fingerprint density at radius 1 is 1.21 bits per heavy atom. The van der Waals surface area contributed by atoms with E-state index in [-0.39, 0.29) is 29.6 Å². The van der Waals surface area contributed by atoms with E-state index in [4.69, 9.17) is 14.2 Å². The third-order valence-corrected chi connectivity index (χ3v) is 4.35. The zero-order chi connectivity index (χ0) is 17.6. The highest BCUT2D eigenvalue weighted by molar-refractivity contribution is 5.99. The number of aromatic hydroxyl groups is 1. The molecule has 0 aromatic heterocycles. The molecule has 3 rings (SSSR count). The molecule has 24 heavy (non-hydrogen) atoms. The van der Waals surface area contributed by atoms with Gasteiger partial charge in [0.1, 0.15) is 5.60 Å². The minimum atomic E-state index is -0.883. The van der Waals surface area contributed by atoms with Crippen LogP contribution in [0.2, 0.25) is 0 Å². The van der Waals surface area contributed by atoms with Crippen LogP contribution in [0.1, 0.15) is 31.7 Å². The fourth-order valence-electron chi connectivity index (χ4n) is 3.18. The van der Waals surface area contributed by atoms with E-state index < -0.39 is 17.5 Å². The second-order valence-electron chi connectivity index (χ2n) is 6.27. The van der Waals surface area contributed by atoms with Crippen molar-refractivity contribution < 1.29 is 28.9 Å². The molecule has 0 radical (unpaired) electrons. The average molecular weight is 333 g/mol. The van der Waals surface area contributed by atoms with Crippen molar-refractivity contribution in [2.75, 3.05) is 14.2 Å². The highest BCUT2D eigenvalue weighted by Crippen LogP contribution is 2.46. The van der Waals surface area contributed by atoms with Crippen LogP contribution in [0.15, 0.2) is 23.4 Å². The first-order chi connectivity index (χ1) is 11.3. The summed E-state index contributed by atoms with van der Waals surface area (Å²) in [5.41, 5.74) is 0.666. The number of esters is 1. The van der Waals surface area contributed by atoms with Gasteiger partial charge >= 0.3 is 5.97 Å². The van der Waals surface area contributed by atoms with E-state index >= 15 is 0 Å². The number of hydrogen-bond acceptors (Lipinski definition) is 6. The van der Waals surface area contributed by atoms with Crippen LogP contribution in [0.4, 0.5) is 0 Å². The summed E-state index contributed by atoms with van der Waals surface area (Å²) in [5, 5.41) is 12.8. The Labute approximate surface area is 139 Å². The van der Waals surface area contributed by atoms with Crippen LogP contribution in [0.5, 0.6) is 17.2 Å². The zero-order valence-electron chi connectivity index (χ0n) is 13.9. The van der Waals surface area contributed by atoms with Gasteiger partial charge in [-0.05, 0) is 31.5 Å². The van der Waals surface area contributed by atoms with E-state index in [9.17, 15) is 14.7 Å². The normalized spacial score (nSPS) is 21.9. The number of ether oxygens (including phenoxy) is 3. The fraction of sp³-hybridized carbons (Fsp3) is 0.412. The van der Waals surface area contributed by atoms with Gasteiger partial charge in [-0.15, -0.1) is 0 Å². The van der Waals surface area contributed by atoms with Gasteiger partial charge in [-0.3, -0.25) is 4.79 Å². The Morgan fingerprint density at radius 2 is 1.79 bits per heavy atom. The molecule has 0 bridgehead atoms. The number of carbonyl (C=O) groups excluding carboxylic acids is 2. The molecule has 0 fully saturated rings. The highest BCUT2D eigenvalue weighted by atomic mass is 16.6. The summed E-state index contributed by atoms with van der Waals surface area (Å²) in [6, 6.07) is 3.20. The van der Waals surface area contributed by atoms with E-state index in [0.29, 0.717) is 16.8 Å². The lowest BCUT2D eigenvalue weighted by molar-refractivity contribution is -0.144. The van der Waals surface area contributed by atoms with Crippen molar-refractivity contribution >= 4 is 11.9 Å². The monoisotopic (exact) mass is 333 g/mol. The lowest BCUT2D eigenvalue weighted by Crippen LogP contribution is -2.38. The van der Waals surface area contributed by atoms with Crippen LogP contribution >= 0.6 is 0 Å². The smallest absolute Gasteiger partial charge is 0.337 e. The number of amides is 1. The van der Waals surface area contributed by atoms with E-state index in [2.05, 4.69) is 5.32 Å². The van der Waals surface area contributed by atoms with Gasteiger partial charge in [-0.1, -0.05) is 0 Å². The maximum atomic E-state index is 12.3. The molecule has 2 N–H and O–H groups in total. The SMILES string of the molecule is COc1cc(C2CC(=O)NC3=C2C(=O)OC3(C)C)cc(OC)c1O. The highest BCUT2D eigenvalue weighted by Gasteiger charge is 2.47. The van der Waals surface area contributed by atoms with Crippen molar-refractivity contribution in [3.8, 4) is 17.2 Å². The molecule has 0 saturated heterocycles. The van der Waals surface area contributed by atoms with Crippen molar-refractivity contribution in [2.24, 2.45) is 0 Å². The zero-order valence-corrected chi connectivity index (χ0v) is 13.9. The third kappa shape index (κ3) is 2.36. The molecule has 128 valence electrons. The summed E-state index contributed by atoms with van der Waals surface area (Å²) in [5.74, 6) is -0.854. The van der Waals surface area contributed by atoms with Crippen molar-refractivity contribution in [3.63, 3.8) is 0 Å². The fourth-order valence-corrected chi connectivity index (χ4v) is 3.18. The van der Waals surface area contributed by atoms with Crippen LogP contribution in [-0.4, -0.2) is 36.8 Å². The number of nitrogens with one attached hydrogen (secondary N) is 1. The van der Waals surface area contributed by atoms with Gasteiger partial charge in [-0.2, -0.15) is 0 Å². The summed E-state index contributed by atoms with van der Waals surface area (Å²) >= 11 is 0. The van der Waals surface area contributed by atoms with Crippen molar-refractivity contribution in [1.82, 2.24) is 5.32 Å². The quantitative estimate of drug-likeness (QED) is 0.816. The first-order valence-corrected chi connectivity index (χ1v) is 7.51. The summed E-state index contributed by atoms with van der Waals surface area (Å²) in [7, 11) is 2.84. The molecule has 1 aromatic rings. The van der Waals surface area contributed by atoms with Gasteiger partial charge in [0.25, 0.3) is 0 Å². The summed E-state index contributed by atoms with van der Waals surface area (Å²) < 4.78 is 15.7. The predicted molar refractivity (Wildman–Crippen MR) is 83.9 cm³/mol. The lowest BCUT2D eigenvalue weighted by Gasteiger charge is -2.27. The summed E-state index contributed by atoms with van der Waals surface area (Å²) in [6.45, 7) is 3.46. The summed E-state index contributed by atoms with van der Waals surface area (Å²) in [6.07, 6.45) is 0.0983. The molecule has 2 aliphatic rings. The Balaban J connectivity index is 2.17. The molecule has 0 aliphatic carbocycles. The molecule has 2 heterocycles. The van der Waals surface area contributed by atoms with Crippen molar-refractivity contribution in [2.45, 2.75) is 31.8 Å². The Bertz CT molecular complexity index is 739. The second-order valence-corrected chi connectivity index (χ2v) is 6.27. The minimum Gasteiger partial charge on any atom is -0.502 e. The van der Waals surface area contributed by atoms with Crippen LogP contribution in [0, 0.1) is 0 Å². The number of cyclic esters (lactones) is 1. The van der Waals surface area contributed by atoms with Gasteiger partial charge < -0.3 is 24.6 Å². The van der Waals surface area contributed by atoms with E-state index in [1.165, 1.54) is 14.2 Å². The molecule has 1 unspecified atom stereocenters. The lowest BCUT2D eigenvalue weighted by atomic mass is 9.82. The largest absolute Gasteiger partial charge is 0.502 e. The maximum absolute atomic E-state index is 12.3. The standard InChI is InChI=1S/C17H19NO6/c1-17(2)15-13(16(21)24-17)9(7-12(19)18-15)8-5-10(22-3)14(20)11(6-8)23-4/h5-6,9,20H,7H2,1-4H3,(H,18,19). The molecule has 1 atom stereocenters. The first-order valence-electron chi connectivity index (χ1n) is 7.51. The molecule has 1 amide bonds. The molecular formula is C17H19NO6. The molecule has 7 heteroatoms. The predicted octanol–water partition coefficient (Wildman–Crippen LogP) is 1.60. The number of phenols is 1. The molecular weight excluding hydrogens is 314 g/mol. The van der Waals surface area contributed by atoms with Gasteiger partial charge in [0.2, 0.25) is 11.7 Å². The number of methoxy groups -OCH3 is 2. The topological polar surface area (TPSA) is 94.1 Å². The molecule has 0 spiro atoms. The molecule has 2 aliphatic heterocycles. The van der Waals surface area contributed by atoms with Crippen LogP contribution in [0.3, 0.4) is 0 Å². The number of hydrogen-bond donors (Lipinski definition) is 2. The Morgan fingerprint density at radius 3 is 2.33 bits per heavy atom. The summed E-state index contributed by atoms with van der Waals surface area (Å²) in [4.78, 5) is 24.5. The van der Waals surface area contributed by atoms with Gasteiger partial charge in [-0.25, -0.2) is 4.79 Å². The molecule has 1 aromatic carbocycles. The molecule has 7 nitrogen and oxygen atoms in total. The van der Waals surface area contributed by atoms with Crippen LogP contribution < -0.4 is 14.8 Å². The van der Waals surface area contributed by atoms with Crippen molar-refractivity contribution in [1.29, 1.82) is 0 Å². The van der Waals surface area contributed by atoms with Gasteiger partial charge in [0.05, 0.1) is 25.5 Å². The van der Waals surface area contributed by atoms with Gasteiger partial charge in [0.15, 0.2) is 11.5 Å². The van der Waals surface area contributed by atoms with E-state index in [1.54, 1.807) is 26.0 Å². The number of rotatable bonds is 3. The van der Waals surface area contributed by atoms with E-state index in [0.717, 1.165) is 0 Å². The average Bonchev–Trinajstić information content (AvgIpc) is 2.76.